The molecule has 0 spiro atoms. The van der Waals surface area contributed by atoms with Crippen molar-refractivity contribution in [3.8, 4) is 6.07 Å². The molecule has 112 valence electrons. The first-order chi connectivity index (χ1) is 9.84. The first-order valence-electron chi connectivity index (χ1n) is 6.16. The molecule has 0 bridgehead atoms. The SMILES string of the molecule is N#Cc1cc(N2CCNCC2C(=O)O)ccc1C(F)(F)F. The third kappa shape index (κ3) is 3.08. The van der Waals surface area contributed by atoms with Gasteiger partial charge in [0, 0.05) is 25.3 Å². The van der Waals surface area contributed by atoms with E-state index in [-0.39, 0.29) is 6.54 Å². The molecule has 1 fully saturated rings. The van der Waals surface area contributed by atoms with Crippen molar-refractivity contribution in [2.75, 3.05) is 24.5 Å². The lowest BCUT2D eigenvalue weighted by molar-refractivity contribution is -0.139. The Hall–Kier alpha value is -2.27. The van der Waals surface area contributed by atoms with Crippen molar-refractivity contribution in [1.82, 2.24) is 5.32 Å². The van der Waals surface area contributed by atoms with Crippen molar-refractivity contribution in [3.05, 3.63) is 29.3 Å². The number of benzene rings is 1. The number of carbonyl (C=O) groups is 1. The zero-order valence-corrected chi connectivity index (χ0v) is 10.8. The highest BCUT2D eigenvalue weighted by Gasteiger charge is 2.35. The number of hydrogen-bond acceptors (Lipinski definition) is 4. The van der Waals surface area contributed by atoms with E-state index < -0.39 is 29.3 Å². The molecule has 0 aliphatic carbocycles. The van der Waals surface area contributed by atoms with Gasteiger partial charge in [0.05, 0.1) is 17.2 Å². The van der Waals surface area contributed by atoms with E-state index in [0.29, 0.717) is 18.8 Å². The second-order valence-corrected chi connectivity index (χ2v) is 4.59. The second-order valence-electron chi connectivity index (χ2n) is 4.59. The Balaban J connectivity index is 2.41. The lowest BCUT2D eigenvalue weighted by Crippen LogP contribution is -2.55. The Labute approximate surface area is 118 Å². The quantitative estimate of drug-likeness (QED) is 0.864. The van der Waals surface area contributed by atoms with Gasteiger partial charge < -0.3 is 15.3 Å². The lowest BCUT2D eigenvalue weighted by atomic mass is 10.0. The molecule has 1 aromatic rings. The molecular weight excluding hydrogens is 287 g/mol. The van der Waals surface area contributed by atoms with E-state index in [2.05, 4.69) is 5.32 Å². The largest absolute Gasteiger partial charge is 0.480 e. The van der Waals surface area contributed by atoms with E-state index >= 15 is 0 Å². The number of rotatable bonds is 2. The fraction of sp³-hybridized carbons (Fsp3) is 0.385. The normalized spacial score (nSPS) is 19.1. The van der Waals surface area contributed by atoms with Crippen LogP contribution in [0.25, 0.3) is 0 Å². The molecule has 1 aliphatic heterocycles. The molecule has 1 atom stereocenters. The van der Waals surface area contributed by atoms with Gasteiger partial charge in [-0.05, 0) is 18.2 Å². The zero-order chi connectivity index (χ0) is 15.6. The van der Waals surface area contributed by atoms with Crippen LogP contribution >= 0.6 is 0 Å². The van der Waals surface area contributed by atoms with E-state index in [1.807, 2.05) is 0 Å². The van der Waals surface area contributed by atoms with Crippen molar-refractivity contribution in [2.45, 2.75) is 12.2 Å². The summed E-state index contributed by atoms with van der Waals surface area (Å²) in [4.78, 5) is 12.7. The third-order valence-corrected chi connectivity index (χ3v) is 3.29. The van der Waals surface area contributed by atoms with E-state index in [1.165, 1.54) is 17.0 Å². The molecule has 1 aliphatic rings. The number of anilines is 1. The van der Waals surface area contributed by atoms with Gasteiger partial charge in [0.15, 0.2) is 0 Å². The van der Waals surface area contributed by atoms with Crippen LogP contribution in [0.15, 0.2) is 18.2 Å². The van der Waals surface area contributed by atoms with E-state index in [0.717, 1.165) is 12.1 Å². The summed E-state index contributed by atoms with van der Waals surface area (Å²) in [6, 6.07) is 3.74. The molecule has 5 nitrogen and oxygen atoms in total. The number of aliphatic carboxylic acids is 1. The molecule has 0 saturated carbocycles. The molecule has 1 saturated heterocycles. The minimum Gasteiger partial charge on any atom is -0.480 e. The number of nitriles is 1. The van der Waals surface area contributed by atoms with Crippen molar-refractivity contribution in [2.24, 2.45) is 0 Å². The summed E-state index contributed by atoms with van der Waals surface area (Å²) in [5, 5.41) is 20.9. The fourth-order valence-electron chi connectivity index (χ4n) is 2.28. The first-order valence-corrected chi connectivity index (χ1v) is 6.16. The van der Waals surface area contributed by atoms with Crippen LogP contribution in [0.4, 0.5) is 18.9 Å². The molecule has 1 heterocycles. The van der Waals surface area contributed by atoms with Crippen LogP contribution < -0.4 is 10.2 Å². The van der Waals surface area contributed by atoms with Gasteiger partial charge in [0.2, 0.25) is 0 Å². The van der Waals surface area contributed by atoms with Gasteiger partial charge in [-0.15, -0.1) is 0 Å². The Bertz CT molecular complexity index is 595. The monoisotopic (exact) mass is 299 g/mol. The van der Waals surface area contributed by atoms with Gasteiger partial charge in [-0.1, -0.05) is 0 Å². The smallest absolute Gasteiger partial charge is 0.417 e. The van der Waals surface area contributed by atoms with Gasteiger partial charge in [0.1, 0.15) is 6.04 Å². The maximum atomic E-state index is 12.7. The summed E-state index contributed by atoms with van der Waals surface area (Å²) in [6.07, 6.45) is -4.61. The minimum atomic E-state index is -4.61. The Morgan fingerprint density at radius 2 is 2.19 bits per heavy atom. The molecule has 1 aromatic carbocycles. The standard InChI is InChI=1S/C13H12F3N3O2/c14-13(15,16)10-2-1-9(5-8(10)6-17)19-4-3-18-7-11(19)12(20)21/h1-2,5,11,18H,3-4,7H2,(H,20,21). The molecule has 1 unspecified atom stereocenters. The molecule has 0 radical (unpaired) electrons. The van der Waals surface area contributed by atoms with Gasteiger partial charge in [-0.3, -0.25) is 0 Å². The van der Waals surface area contributed by atoms with Crippen molar-refractivity contribution < 1.29 is 23.1 Å². The number of halogens is 3. The number of alkyl halides is 3. The van der Waals surface area contributed by atoms with Crippen LogP contribution in [0.1, 0.15) is 11.1 Å². The van der Waals surface area contributed by atoms with Crippen LogP contribution in [0, 0.1) is 11.3 Å². The van der Waals surface area contributed by atoms with Crippen molar-refractivity contribution in [3.63, 3.8) is 0 Å². The van der Waals surface area contributed by atoms with Crippen LogP contribution in [-0.2, 0) is 11.0 Å². The fourth-order valence-corrected chi connectivity index (χ4v) is 2.28. The van der Waals surface area contributed by atoms with Gasteiger partial charge in [0.25, 0.3) is 0 Å². The number of carboxylic acids is 1. The summed E-state index contributed by atoms with van der Waals surface area (Å²) >= 11 is 0. The number of piperazine rings is 1. The number of nitrogens with one attached hydrogen (secondary N) is 1. The first kappa shape index (κ1) is 15.1. The summed E-state index contributed by atoms with van der Waals surface area (Å²) < 4.78 is 38.2. The molecule has 0 amide bonds. The molecule has 8 heteroatoms. The summed E-state index contributed by atoms with van der Waals surface area (Å²) in [6.45, 7) is 1.05. The molecule has 21 heavy (non-hydrogen) atoms. The Morgan fingerprint density at radius 3 is 2.76 bits per heavy atom. The number of hydrogen-bond donors (Lipinski definition) is 2. The maximum Gasteiger partial charge on any atom is 0.417 e. The van der Waals surface area contributed by atoms with Crippen molar-refractivity contribution in [1.29, 1.82) is 5.26 Å². The number of nitrogens with zero attached hydrogens (tertiary/aromatic N) is 2. The maximum absolute atomic E-state index is 12.7. The Morgan fingerprint density at radius 1 is 1.48 bits per heavy atom. The van der Waals surface area contributed by atoms with Crippen LogP contribution in [0.5, 0.6) is 0 Å². The summed E-state index contributed by atoms with van der Waals surface area (Å²) in [5.74, 6) is -1.07. The predicted molar refractivity (Wildman–Crippen MR) is 67.8 cm³/mol. The average molecular weight is 299 g/mol. The van der Waals surface area contributed by atoms with Crippen LogP contribution in [0.2, 0.25) is 0 Å². The Kier molecular flexibility index (Phi) is 4.04. The third-order valence-electron chi connectivity index (χ3n) is 3.29. The summed E-state index contributed by atoms with van der Waals surface area (Å²) in [5.41, 5.74) is -1.23. The van der Waals surface area contributed by atoms with Crippen molar-refractivity contribution >= 4 is 11.7 Å². The van der Waals surface area contributed by atoms with Crippen LogP contribution in [-0.4, -0.2) is 36.8 Å². The van der Waals surface area contributed by atoms with E-state index in [1.54, 1.807) is 0 Å². The highest BCUT2D eigenvalue weighted by molar-refractivity contribution is 5.79. The predicted octanol–water partition coefficient (Wildman–Crippen LogP) is 1.44. The summed E-state index contributed by atoms with van der Waals surface area (Å²) in [7, 11) is 0. The average Bonchev–Trinajstić information content (AvgIpc) is 2.45. The van der Waals surface area contributed by atoms with Gasteiger partial charge in [-0.25, -0.2) is 4.79 Å². The molecule has 2 rings (SSSR count). The highest BCUT2D eigenvalue weighted by atomic mass is 19.4. The van der Waals surface area contributed by atoms with Gasteiger partial charge >= 0.3 is 12.1 Å². The van der Waals surface area contributed by atoms with E-state index in [9.17, 15) is 18.0 Å². The zero-order valence-electron chi connectivity index (χ0n) is 10.8. The van der Waals surface area contributed by atoms with Crippen LogP contribution in [0.3, 0.4) is 0 Å². The van der Waals surface area contributed by atoms with E-state index in [4.69, 9.17) is 10.4 Å². The molecule has 2 N–H and O–H groups in total. The number of carboxylic acid groups (broad SMARTS) is 1. The lowest BCUT2D eigenvalue weighted by Gasteiger charge is -2.35. The minimum absolute atomic E-state index is 0.193. The topological polar surface area (TPSA) is 76.4 Å². The van der Waals surface area contributed by atoms with Gasteiger partial charge in [-0.2, -0.15) is 18.4 Å². The second kappa shape index (κ2) is 5.61. The molecule has 0 aromatic heterocycles. The highest BCUT2D eigenvalue weighted by Crippen LogP contribution is 2.34. The molecular formula is C13H12F3N3O2.